The molecule has 11 heavy (non-hydrogen) atoms. The number of rotatable bonds is 2. The van der Waals surface area contributed by atoms with Crippen LogP contribution in [0.1, 0.15) is 5.82 Å². The molecular weight excluding hydrogens is 140 g/mol. The van der Waals surface area contributed by atoms with Crippen molar-refractivity contribution < 1.29 is 0 Å². The molecule has 1 aromatic carbocycles. The first-order chi connectivity index (χ1) is 5.33. The average Bonchev–Trinajstić information content (AvgIpc) is 2.63. The number of nitrogens with zero attached hydrogens (tertiary/aromatic N) is 2. The normalized spacial score (nSPS) is 10.9. The van der Waals surface area contributed by atoms with Crippen molar-refractivity contribution in [3.05, 3.63) is 34.9 Å². The van der Waals surface area contributed by atoms with Gasteiger partial charge in [0.25, 0.3) is 0 Å². The summed E-state index contributed by atoms with van der Waals surface area (Å²) < 4.78 is 0. The zero-order chi connectivity index (χ0) is 7.84. The minimum Gasteiger partial charge on any atom is -0.287 e. The third-order valence-corrected chi connectivity index (χ3v) is 1.56. The molecule has 0 aliphatic carbocycles. The van der Waals surface area contributed by atoms with E-state index >= 15 is 0 Å². The van der Waals surface area contributed by atoms with Crippen LogP contribution in [0, 0.1) is 0 Å². The van der Waals surface area contributed by atoms with E-state index in [-0.39, 0.29) is 5.43 Å². The smallest absolute Gasteiger partial charge is 0.216 e. The highest BCUT2D eigenvalue weighted by atomic mass is 16.1. The van der Waals surface area contributed by atoms with Gasteiger partial charge in [-0.3, -0.25) is 4.79 Å². The Morgan fingerprint density at radius 3 is 3.09 bits per heavy atom. The molecule has 1 aromatic heterocycles. The Bertz CT molecular complexity index is 424. The van der Waals surface area contributed by atoms with Crippen LogP contribution in [0.2, 0.25) is 0 Å². The van der Waals surface area contributed by atoms with Crippen molar-refractivity contribution in [1.29, 1.82) is 0 Å². The summed E-state index contributed by atoms with van der Waals surface area (Å²) in [5.74, 6) is 0.671. The Morgan fingerprint density at radius 1 is 1.64 bits per heavy atom. The predicted octanol–water partition coefficient (Wildman–Crippen LogP) is 0.594. The average molecular weight is 146 g/mol. The third-order valence-electron chi connectivity index (χ3n) is 1.56. The van der Waals surface area contributed by atoms with Crippen LogP contribution in [-0.2, 0) is 6.42 Å². The summed E-state index contributed by atoms with van der Waals surface area (Å²) in [4.78, 5) is 18.7. The molecular formula is C8H6N2O. The lowest BCUT2D eigenvalue weighted by Gasteiger charge is -1.87. The van der Waals surface area contributed by atoms with E-state index in [1.165, 1.54) is 0 Å². The summed E-state index contributed by atoms with van der Waals surface area (Å²) in [7, 11) is 0. The van der Waals surface area contributed by atoms with Gasteiger partial charge in [-0.15, -0.1) is 6.58 Å². The van der Waals surface area contributed by atoms with Crippen molar-refractivity contribution in [2.24, 2.45) is 0 Å². The molecule has 2 rings (SSSR count). The van der Waals surface area contributed by atoms with Crippen molar-refractivity contribution in [2.75, 3.05) is 0 Å². The summed E-state index contributed by atoms with van der Waals surface area (Å²) in [5, 5.41) is 0.665. The van der Waals surface area contributed by atoms with Gasteiger partial charge in [-0.05, 0) is 0 Å². The highest BCUT2D eigenvalue weighted by molar-refractivity contribution is 5.92. The van der Waals surface area contributed by atoms with Crippen molar-refractivity contribution >= 4 is 10.9 Å². The Morgan fingerprint density at radius 2 is 2.45 bits per heavy atom. The maximum atomic E-state index is 10.8. The van der Waals surface area contributed by atoms with Gasteiger partial charge in [0, 0.05) is 12.6 Å². The van der Waals surface area contributed by atoms with E-state index < -0.39 is 0 Å². The zero-order valence-corrected chi connectivity index (χ0v) is 5.87. The van der Waals surface area contributed by atoms with Crippen molar-refractivity contribution in [3.63, 3.8) is 0 Å². The maximum Gasteiger partial charge on any atom is 0.216 e. The lowest BCUT2D eigenvalue weighted by molar-refractivity contribution is 1.03. The Kier molecular flexibility index (Phi) is 1.12. The zero-order valence-electron chi connectivity index (χ0n) is 5.87. The molecule has 0 radical (unpaired) electrons. The first kappa shape index (κ1) is 6.22. The van der Waals surface area contributed by atoms with E-state index in [0.29, 0.717) is 23.1 Å². The van der Waals surface area contributed by atoms with Crippen LogP contribution in [0.4, 0.5) is 0 Å². The van der Waals surface area contributed by atoms with Gasteiger partial charge in [0.1, 0.15) is 11.3 Å². The second-order valence-corrected chi connectivity index (χ2v) is 2.37. The molecule has 54 valence electrons. The van der Waals surface area contributed by atoms with Crippen LogP contribution >= 0.6 is 0 Å². The SMILES string of the molecule is C=CCc1ncc2c(=O)c2n1. The summed E-state index contributed by atoms with van der Waals surface area (Å²) in [6.45, 7) is 3.56. The van der Waals surface area contributed by atoms with Gasteiger partial charge in [-0.2, -0.15) is 0 Å². The Balaban J connectivity index is 2.48. The van der Waals surface area contributed by atoms with Gasteiger partial charge in [0.15, 0.2) is 0 Å². The molecule has 0 saturated heterocycles. The van der Waals surface area contributed by atoms with E-state index in [9.17, 15) is 4.79 Å². The minimum absolute atomic E-state index is 0.0350. The largest absolute Gasteiger partial charge is 0.287 e. The molecule has 1 heterocycles. The maximum absolute atomic E-state index is 10.8. The van der Waals surface area contributed by atoms with Crippen molar-refractivity contribution in [3.8, 4) is 0 Å². The van der Waals surface area contributed by atoms with Gasteiger partial charge >= 0.3 is 0 Å². The Hall–Kier alpha value is -1.51. The number of hydrogen-bond acceptors (Lipinski definition) is 3. The summed E-state index contributed by atoms with van der Waals surface area (Å²) >= 11 is 0. The van der Waals surface area contributed by atoms with Crippen LogP contribution in [0.25, 0.3) is 10.9 Å². The van der Waals surface area contributed by atoms with Crippen LogP contribution in [-0.4, -0.2) is 9.97 Å². The van der Waals surface area contributed by atoms with Gasteiger partial charge in [-0.25, -0.2) is 9.97 Å². The lowest BCUT2D eigenvalue weighted by Crippen LogP contribution is -1.88. The molecule has 3 heteroatoms. The monoisotopic (exact) mass is 146 g/mol. The topological polar surface area (TPSA) is 42.9 Å². The highest BCUT2D eigenvalue weighted by Crippen LogP contribution is 2.09. The van der Waals surface area contributed by atoms with Gasteiger partial charge in [0.05, 0.1) is 5.39 Å². The van der Waals surface area contributed by atoms with Gasteiger partial charge in [0.2, 0.25) is 5.43 Å². The van der Waals surface area contributed by atoms with Crippen LogP contribution in [0.3, 0.4) is 0 Å². The van der Waals surface area contributed by atoms with E-state index in [2.05, 4.69) is 16.5 Å². The van der Waals surface area contributed by atoms with E-state index in [0.717, 1.165) is 0 Å². The molecule has 0 unspecified atom stereocenters. The molecule has 0 amide bonds. The summed E-state index contributed by atoms with van der Waals surface area (Å²) in [6.07, 6.45) is 3.92. The second-order valence-electron chi connectivity index (χ2n) is 2.37. The minimum atomic E-state index is 0.0350. The van der Waals surface area contributed by atoms with Crippen LogP contribution < -0.4 is 5.43 Å². The first-order valence-electron chi connectivity index (χ1n) is 3.34. The Labute approximate surface area is 63.1 Å². The number of hydrogen-bond donors (Lipinski definition) is 0. The molecule has 0 atom stereocenters. The van der Waals surface area contributed by atoms with Crippen LogP contribution in [0.5, 0.6) is 0 Å². The lowest BCUT2D eigenvalue weighted by atomic mass is 10.4. The molecule has 0 N–H and O–H groups in total. The molecule has 3 nitrogen and oxygen atoms in total. The third kappa shape index (κ3) is 0.852. The molecule has 0 saturated carbocycles. The second kappa shape index (κ2) is 1.99. The fraction of sp³-hybridized carbons (Fsp3) is 0.125. The summed E-state index contributed by atoms with van der Waals surface area (Å²) in [6, 6.07) is 0. The summed E-state index contributed by atoms with van der Waals surface area (Å²) in [5.41, 5.74) is 0.615. The molecule has 2 aromatic rings. The number of aromatic nitrogens is 2. The van der Waals surface area contributed by atoms with Crippen molar-refractivity contribution in [1.82, 2.24) is 9.97 Å². The van der Waals surface area contributed by atoms with Crippen molar-refractivity contribution in [2.45, 2.75) is 6.42 Å². The fourth-order valence-electron chi connectivity index (χ4n) is 0.929. The predicted molar refractivity (Wildman–Crippen MR) is 42.1 cm³/mol. The quantitative estimate of drug-likeness (QED) is 0.582. The molecule has 0 bridgehead atoms. The fourth-order valence-corrected chi connectivity index (χ4v) is 0.929. The van der Waals surface area contributed by atoms with E-state index in [1.54, 1.807) is 12.3 Å². The highest BCUT2D eigenvalue weighted by Gasteiger charge is 2.14. The van der Waals surface area contributed by atoms with E-state index in [1.807, 2.05) is 0 Å². The molecule has 0 fully saturated rings. The number of allylic oxidation sites excluding steroid dienone is 1. The van der Waals surface area contributed by atoms with E-state index in [4.69, 9.17) is 0 Å². The molecule has 0 aliphatic heterocycles. The molecule has 0 aliphatic rings. The van der Waals surface area contributed by atoms with Crippen LogP contribution in [0.15, 0.2) is 23.6 Å². The number of fused-ring (bicyclic) bond motifs is 1. The van der Waals surface area contributed by atoms with Gasteiger partial charge < -0.3 is 0 Å². The molecule has 0 spiro atoms. The first-order valence-corrected chi connectivity index (χ1v) is 3.34. The standard InChI is InChI=1S/C8H6N2O/c1-2-3-6-9-4-5-7(10-6)8(5)11/h2,4H,1,3H2. The van der Waals surface area contributed by atoms with Gasteiger partial charge in [-0.1, -0.05) is 6.08 Å².